The fourth-order valence-corrected chi connectivity index (χ4v) is 1.89. The molecule has 0 heterocycles. The van der Waals surface area contributed by atoms with Crippen LogP contribution in [0.25, 0.3) is 0 Å². The van der Waals surface area contributed by atoms with Gasteiger partial charge in [0.05, 0.1) is 0 Å². The largest absolute Gasteiger partial charge is 0.338 e. The van der Waals surface area contributed by atoms with Crippen LogP contribution in [0.15, 0.2) is 30.3 Å². The third-order valence-corrected chi connectivity index (χ3v) is 2.74. The molecule has 0 saturated heterocycles. The van der Waals surface area contributed by atoms with Gasteiger partial charge in [0.1, 0.15) is 0 Å². The van der Waals surface area contributed by atoms with Crippen LogP contribution in [0.4, 0.5) is 0 Å². The quantitative estimate of drug-likeness (QED) is 0.803. The molecular formula is C15H24N2O. The molecule has 0 radical (unpaired) electrons. The molecular weight excluding hydrogens is 224 g/mol. The minimum atomic E-state index is 0.224. The first kappa shape index (κ1) is 14.7. The molecule has 0 aliphatic carbocycles. The summed E-state index contributed by atoms with van der Waals surface area (Å²) in [6.07, 6.45) is 0.566. The Kier molecular flexibility index (Phi) is 6.44. The Hall–Kier alpha value is -1.35. The van der Waals surface area contributed by atoms with Gasteiger partial charge >= 0.3 is 0 Å². The van der Waals surface area contributed by atoms with Crippen molar-refractivity contribution in [2.24, 2.45) is 5.92 Å². The van der Waals surface area contributed by atoms with Crippen LogP contribution < -0.4 is 5.32 Å². The van der Waals surface area contributed by atoms with Crippen LogP contribution in [0.1, 0.15) is 25.8 Å². The van der Waals surface area contributed by atoms with E-state index in [-0.39, 0.29) is 5.91 Å². The summed E-state index contributed by atoms with van der Waals surface area (Å²) < 4.78 is 0. The third kappa shape index (κ3) is 5.32. The van der Waals surface area contributed by atoms with E-state index in [1.54, 1.807) is 0 Å². The minimum Gasteiger partial charge on any atom is -0.338 e. The standard InChI is InChI=1S/C15H24N2O/c1-13(2)11-17(15(18)9-10-16-3)12-14-7-5-4-6-8-14/h4-8,13,16H,9-12H2,1-3H3. The second-order valence-electron chi connectivity index (χ2n) is 5.01. The summed E-state index contributed by atoms with van der Waals surface area (Å²) in [4.78, 5) is 14.1. The highest BCUT2D eigenvalue weighted by molar-refractivity contribution is 5.76. The normalized spacial score (nSPS) is 10.7. The van der Waals surface area contributed by atoms with Crippen LogP contribution in [0.3, 0.4) is 0 Å². The lowest BCUT2D eigenvalue weighted by Gasteiger charge is -2.25. The highest BCUT2D eigenvalue weighted by atomic mass is 16.2. The van der Waals surface area contributed by atoms with Crippen LogP contribution in [0, 0.1) is 5.92 Å². The van der Waals surface area contributed by atoms with Crippen molar-refractivity contribution < 1.29 is 4.79 Å². The van der Waals surface area contributed by atoms with E-state index in [0.29, 0.717) is 18.9 Å². The number of hydrogen-bond acceptors (Lipinski definition) is 2. The molecule has 0 aromatic heterocycles. The van der Waals surface area contributed by atoms with Crippen molar-refractivity contribution >= 4 is 5.91 Å². The number of nitrogens with one attached hydrogen (secondary N) is 1. The first-order valence-electron chi connectivity index (χ1n) is 6.59. The second kappa shape index (κ2) is 7.88. The van der Waals surface area contributed by atoms with Gasteiger partial charge in [0, 0.05) is 26.1 Å². The summed E-state index contributed by atoms with van der Waals surface area (Å²) in [7, 11) is 1.87. The number of carbonyl (C=O) groups excluding carboxylic acids is 1. The van der Waals surface area contributed by atoms with Gasteiger partial charge in [-0.1, -0.05) is 44.2 Å². The van der Waals surface area contributed by atoms with E-state index in [2.05, 4.69) is 31.3 Å². The molecule has 0 atom stereocenters. The van der Waals surface area contributed by atoms with E-state index < -0.39 is 0 Å². The molecule has 100 valence electrons. The van der Waals surface area contributed by atoms with Gasteiger partial charge in [0.25, 0.3) is 0 Å². The molecule has 1 amide bonds. The van der Waals surface area contributed by atoms with Crippen LogP contribution >= 0.6 is 0 Å². The average molecular weight is 248 g/mol. The summed E-state index contributed by atoms with van der Waals surface area (Å²) in [5.41, 5.74) is 1.19. The molecule has 0 unspecified atom stereocenters. The van der Waals surface area contributed by atoms with Gasteiger partial charge in [-0.05, 0) is 18.5 Å². The van der Waals surface area contributed by atoms with Crippen LogP contribution in [0.5, 0.6) is 0 Å². The van der Waals surface area contributed by atoms with E-state index in [4.69, 9.17) is 0 Å². The predicted octanol–water partition coefficient (Wildman–Crippen LogP) is 2.28. The van der Waals surface area contributed by atoms with E-state index >= 15 is 0 Å². The van der Waals surface area contributed by atoms with Crippen LogP contribution in [-0.2, 0) is 11.3 Å². The molecule has 0 saturated carbocycles. The van der Waals surface area contributed by atoms with Crippen molar-refractivity contribution in [3.63, 3.8) is 0 Å². The van der Waals surface area contributed by atoms with Crippen LogP contribution in [-0.4, -0.2) is 30.9 Å². The van der Waals surface area contributed by atoms with Crippen LogP contribution in [0.2, 0.25) is 0 Å². The van der Waals surface area contributed by atoms with Crippen molar-refractivity contribution in [2.75, 3.05) is 20.1 Å². The SMILES string of the molecule is CNCCC(=O)N(Cc1ccccc1)CC(C)C. The lowest BCUT2D eigenvalue weighted by atomic mass is 10.1. The topological polar surface area (TPSA) is 32.3 Å². The Morgan fingerprint density at radius 3 is 2.50 bits per heavy atom. The summed E-state index contributed by atoms with van der Waals surface area (Å²) in [5.74, 6) is 0.717. The minimum absolute atomic E-state index is 0.224. The number of hydrogen-bond donors (Lipinski definition) is 1. The molecule has 18 heavy (non-hydrogen) atoms. The molecule has 3 nitrogen and oxygen atoms in total. The molecule has 1 aromatic rings. The number of benzene rings is 1. The zero-order valence-corrected chi connectivity index (χ0v) is 11.6. The maximum Gasteiger partial charge on any atom is 0.224 e. The average Bonchev–Trinajstić information content (AvgIpc) is 2.36. The number of carbonyl (C=O) groups is 1. The van der Waals surface area contributed by atoms with Crippen molar-refractivity contribution in [1.82, 2.24) is 10.2 Å². The van der Waals surface area contributed by atoms with E-state index in [1.807, 2.05) is 30.1 Å². The summed E-state index contributed by atoms with van der Waals surface area (Å²) >= 11 is 0. The highest BCUT2D eigenvalue weighted by Crippen LogP contribution is 2.08. The first-order valence-corrected chi connectivity index (χ1v) is 6.59. The molecule has 0 spiro atoms. The highest BCUT2D eigenvalue weighted by Gasteiger charge is 2.14. The van der Waals surface area contributed by atoms with Crippen molar-refractivity contribution in [1.29, 1.82) is 0 Å². The van der Waals surface area contributed by atoms with Crippen molar-refractivity contribution in [3.05, 3.63) is 35.9 Å². The Bertz CT molecular complexity index is 349. The number of amides is 1. The molecule has 0 aliphatic rings. The van der Waals surface area contributed by atoms with Gasteiger partial charge < -0.3 is 10.2 Å². The molecule has 1 rings (SSSR count). The second-order valence-corrected chi connectivity index (χ2v) is 5.01. The Balaban J connectivity index is 2.63. The smallest absolute Gasteiger partial charge is 0.224 e. The number of nitrogens with zero attached hydrogens (tertiary/aromatic N) is 1. The zero-order valence-electron chi connectivity index (χ0n) is 11.6. The Morgan fingerprint density at radius 1 is 1.28 bits per heavy atom. The van der Waals surface area contributed by atoms with E-state index in [0.717, 1.165) is 13.1 Å². The van der Waals surface area contributed by atoms with Gasteiger partial charge in [0.2, 0.25) is 5.91 Å². The first-order chi connectivity index (χ1) is 8.63. The molecule has 0 fully saturated rings. The van der Waals surface area contributed by atoms with Gasteiger partial charge in [-0.25, -0.2) is 0 Å². The summed E-state index contributed by atoms with van der Waals surface area (Å²) in [5, 5.41) is 3.02. The monoisotopic (exact) mass is 248 g/mol. The van der Waals surface area contributed by atoms with Gasteiger partial charge in [-0.3, -0.25) is 4.79 Å². The summed E-state index contributed by atoms with van der Waals surface area (Å²) in [6.45, 7) is 6.55. The zero-order chi connectivity index (χ0) is 13.4. The number of rotatable bonds is 7. The van der Waals surface area contributed by atoms with Gasteiger partial charge in [0.15, 0.2) is 0 Å². The molecule has 1 N–H and O–H groups in total. The third-order valence-electron chi connectivity index (χ3n) is 2.74. The maximum atomic E-state index is 12.1. The van der Waals surface area contributed by atoms with Crippen molar-refractivity contribution in [3.8, 4) is 0 Å². The Labute approximate surface area is 110 Å². The fourth-order valence-electron chi connectivity index (χ4n) is 1.89. The maximum absolute atomic E-state index is 12.1. The molecule has 1 aromatic carbocycles. The Morgan fingerprint density at radius 2 is 1.94 bits per heavy atom. The molecule has 3 heteroatoms. The summed E-state index contributed by atoms with van der Waals surface area (Å²) in [6, 6.07) is 10.2. The van der Waals surface area contributed by atoms with E-state index in [1.165, 1.54) is 5.56 Å². The van der Waals surface area contributed by atoms with Gasteiger partial charge in [-0.2, -0.15) is 0 Å². The van der Waals surface area contributed by atoms with Gasteiger partial charge in [-0.15, -0.1) is 0 Å². The lowest BCUT2D eigenvalue weighted by Crippen LogP contribution is -2.35. The molecule has 0 bridgehead atoms. The lowest BCUT2D eigenvalue weighted by molar-refractivity contribution is -0.132. The van der Waals surface area contributed by atoms with Crippen molar-refractivity contribution in [2.45, 2.75) is 26.8 Å². The fraction of sp³-hybridized carbons (Fsp3) is 0.533. The molecule has 0 aliphatic heterocycles. The predicted molar refractivity (Wildman–Crippen MR) is 75.2 cm³/mol. The van der Waals surface area contributed by atoms with E-state index in [9.17, 15) is 4.79 Å².